The van der Waals surface area contributed by atoms with Crippen molar-refractivity contribution in [3.63, 3.8) is 0 Å². The van der Waals surface area contributed by atoms with Gasteiger partial charge in [0, 0.05) is 41.4 Å². The molecule has 0 amide bonds. The summed E-state index contributed by atoms with van der Waals surface area (Å²) in [7, 11) is -4.11. The van der Waals surface area contributed by atoms with E-state index < -0.39 is 20.8 Å². The van der Waals surface area contributed by atoms with E-state index in [1.54, 1.807) is 13.2 Å². The first-order chi connectivity index (χ1) is 7.73. The first-order valence-electron chi connectivity index (χ1n) is 5.76. The molecule has 0 aromatic rings. The number of nitrogens with one attached hydrogen (secondary N) is 2. The third-order valence-electron chi connectivity index (χ3n) is 2.14. The van der Waals surface area contributed by atoms with Crippen molar-refractivity contribution in [3.05, 3.63) is 0 Å². The van der Waals surface area contributed by atoms with Gasteiger partial charge in [0.15, 0.2) is 0 Å². The van der Waals surface area contributed by atoms with Crippen LogP contribution in [0.5, 0.6) is 0 Å². The van der Waals surface area contributed by atoms with E-state index in [-0.39, 0.29) is 17.8 Å². The average Bonchev–Trinajstić information content (AvgIpc) is 2.12. The summed E-state index contributed by atoms with van der Waals surface area (Å²) >= 11 is 0. The molecule has 5 nitrogen and oxygen atoms in total. The molecule has 0 radical (unpaired) electrons. The van der Waals surface area contributed by atoms with Gasteiger partial charge in [0.25, 0.3) is 0 Å². The molecule has 0 bridgehead atoms. The highest BCUT2D eigenvalue weighted by Crippen LogP contribution is 1.96. The average molecular weight is 284 g/mol. The molecule has 17 heavy (non-hydrogen) atoms. The van der Waals surface area contributed by atoms with E-state index in [9.17, 15) is 12.6 Å². The summed E-state index contributed by atoms with van der Waals surface area (Å²) < 4.78 is 36.7. The van der Waals surface area contributed by atoms with Crippen molar-refractivity contribution in [1.82, 2.24) is 10.0 Å². The second-order valence-corrected chi connectivity index (χ2v) is 7.94. The summed E-state index contributed by atoms with van der Waals surface area (Å²) in [5.74, 6) is 0.596. The van der Waals surface area contributed by atoms with Gasteiger partial charge >= 0.3 is 0 Å². The molecule has 104 valence electrons. The fraction of sp³-hybridized carbons (Fsp3) is 1.00. The Kier molecular flexibility index (Phi) is 8.19. The Morgan fingerprint density at radius 2 is 1.82 bits per heavy atom. The molecule has 0 saturated heterocycles. The van der Waals surface area contributed by atoms with E-state index in [2.05, 4.69) is 10.0 Å². The Morgan fingerprint density at radius 1 is 1.24 bits per heavy atom. The van der Waals surface area contributed by atoms with Gasteiger partial charge in [0.05, 0.1) is 5.75 Å². The largest absolute Gasteiger partial charge is 0.313 e. The molecule has 0 aliphatic carbocycles. The third-order valence-corrected chi connectivity index (χ3v) is 4.46. The van der Waals surface area contributed by atoms with Gasteiger partial charge in [-0.25, -0.2) is 13.1 Å². The van der Waals surface area contributed by atoms with Crippen molar-refractivity contribution in [3.8, 4) is 0 Å². The van der Waals surface area contributed by atoms with E-state index in [1.807, 2.05) is 13.8 Å². The van der Waals surface area contributed by atoms with Crippen LogP contribution in [0.1, 0.15) is 27.2 Å². The van der Waals surface area contributed by atoms with E-state index in [1.165, 1.54) is 0 Å². The van der Waals surface area contributed by atoms with Gasteiger partial charge in [-0.15, -0.1) is 0 Å². The van der Waals surface area contributed by atoms with Crippen LogP contribution in [0.3, 0.4) is 0 Å². The first-order valence-corrected chi connectivity index (χ1v) is 9.14. The predicted octanol–water partition coefficient (Wildman–Crippen LogP) is 0.0609. The summed E-state index contributed by atoms with van der Waals surface area (Å²) in [6.07, 6.45) is 2.22. The van der Waals surface area contributed by atoms with Gasteiger partial charge < -0.3 is 5.32 Å². The topological polar surface area (TPSA) is 75.3 Å². The van der Waals surface area contributed by atoms with Crippen molar-refractivity contribution < 1.29 is 12.6 Å². The van der Waals surface area contributed by atoms with Crippen LogP contribution >= 0.6 is 0 Å². The number of hydrogen-bond donors (Lipinski definition) is 2. The second-order valence-electron chi connectivity index (χ2n) is 4.51. The molecule has 2 atom stereocenters. The van der Waals surface area contributed by atoms with Crippen LogP contribution in [0.25, 0.3) is 0 Å². The van der Waals surface area contributed by atoms with E-state index in [0.29, 0.717) is 18.7 Å². The van der Waals surface area contributed by atoms with Crippen LogP contribution < -0.4 is 10.0 Å². The molecule has 0 aromatic heterocycles. The van der Waals surface area contributed by atoms with Crippen LogP contribution in [0, 0.1) is 0 Å². The summed E-state index contributed by atoms with van der Waals surface area (Å²) in [5.41, 5.74) is 0. The minimum absolute atomic E-state index is 0.0741. The van der Waals surface area contributed by atoms with Gasteiger partial charge in [0.1, 0.15) is 0 Å². The molecular formula is C10H24N2O3S2. The monoisotopic (exact) mass is 284 g/mol. The van der Waals surface area contributed by atoms with Crippen LogP contribution in [0.2, 0.25) is 0 Å². The van der Waals surface area contributed by atoms with Gasteiger partial charge in [-0.1, -0.05) is 13.8 Å². The van der Waals surface area contributed by atoms with Gasteiger partial charge in [-0.2, -0.15) is 0 Å². The lowest BCUT2D eigenvalue weighted by molar-refractivity contribution is 0.546. The molecule has 0 saturated carbocycles. The normalized spacial score (nSPS) is 16.1. The van der Waals surface area contributed by atoms with E-state index >= 15 is 0 Å². The first kappa shape index (κ1) is 17.0. The predicted molar refractivity (Wildman–Crippen MR) is 73.1 cm³/mol. The zero-order chi connectivity index (χ0) is 13.5. The lowest BCUT2D eigenvalue weighted by atomic mass is 10.3. The zero-order valence-electron chi connectivity index (χ0n) is 11.0. The number of sulfonamides is 1. The highest BCUT2D eigenvalue weighted by Gasteiger charge is 2.14. The fourth-order valence-electron chi connectivity index (χ4n) is 1.25. The molecule has 0 heterocycles. The summed E-state index contributed by atoms with van der Waals surface area (Å²) in [6.45, 7) is 6.18. The van der Waals surface area contributed by atoms with Crippen molar-refractivity contribution in [2.75, 3.05) is 24.3 Å². The van der Waals surface area contributed by atoms with Crippen LogP contribution in [-0.2, 0) is 20.8 Å². The molecule has 0 fully saturated rings. The molecule has 0 aliphatic rings. The minimum Gasteiger partial charge on any atom is -0.313 e. The lowest BCUT2D eigenvalue weighted by Gasteiger charge is -2.14. The summed E-state index contributed by atoms with van der Waals surface area (Å²) in [5, 5.41) is 3.06. The number of hydrogen-bond acceptors (Lipinski definition) is 4. The quantitative estimate of drug-likeness (QED) is 0.628. The standard InChI is InChI=1S/C10H24N2O3S2/c1-9(2)11-6-8-17(14,15)12-10(3)5-7-16(4)13/h9-12H,5-8H2,1-4H3. The summed E-state index contributed by atoms with van der Waals surface area (Å²) in [6, 6.07) is 0.119. The number of rotatable bonds is 9. The molecule has 0 aliphatic heterocycles. The van der Waals surface area contributed by atoms with Crippen LogP contribution in [0.15, 0.2) is 0 Å². The fourth-order valence-corrected chi connectivity index (χ4v) is 3.17. The van der Waals surface area contributed by atoms with Crippen molar-refractivity contribution >= 4 is 20.8 Å². The highest BCUT2D eigenvalue weighted by atomic mass is 32.2. The maximum absolute atomic E-state index is 11.6. The maximum atomic E-state index is 11.6. The van der Waals surface area contributed by atoms with E-state index in [4.69, 9.17) is 0 Å². The van der Waals surface area contributed by atoms with Crippen molar-refractivity contribution in [2.45, 2.75) is 39.3 Å². The van der Waals surface area contributed by atoms with Gasteiger partial charge in [-0.05, 0) is 13.3 Å². The molecule has 2 unspecified atom stereocenters. The molecule has 2 N–H and O–H groups in total. The van der Waals surface area contributed by atoms with Crippen LogP contribution in [0.4, 0.5) is 0 Å². The minimum atomic E-state index is -3.24. The molecule has 7 heteroatoms. The Labute approximate surface area is 107 Å². The van der Waals surface area contributed by atoms with Gasteiger partial charge in [0.2, 0.25) is 10.0 Å². The second kappa shape index (κ2) is 8.18. The molecule has 0 rings (SSSR count). The Morgan fingerprint density at radius 3 is 2.29 bits per heavy atom. The molecule has 0 spiro atoms. The Bertz CT molecular complexity index is 328. The van der Waals surface area contributed by atoms with E-state index in [0.717, 1.165) is 0 Å². The lowest BCUT2D eigenvalue weighted by Crippen LogP contribution is -2.39. The zero-order valence-corrected chi connectivity index (χ0v) is 12.7. The smallest absolute Gasteiger partial charge is 0.213 e. The summed E-state index contributed by atoms with van der Waals surface area (Å²) in [4.78, 5) is 0. The highest BCUT2D eigenvalue weighted by molar-refractivity contribution is 7.89. The molecule has 0 aromatic carbocycles. The SMILES string of the molecule is CC(C)NCCS(=O)(=O)NC(C)CCS(C)=O. The van der Waals surface area contributed by atoms with Crippen molar-refractivity contribution in [2.24, 2.45) is 0 Å². The van der Waals surface area contributed by atoms with Gasteiger partial charge in [-0.3, -0.25) is 4.21 Å². The molecular weight excluding hydrogens is 260 g/mol. The Balaban J connectivity index is 3.94. The van der Waals surface area contributed by atoms with Crippen molar-refractivity contribution in [1.29, 1.82) is 0 Å². The maximum Gasteiger partial charge on any atom is 0.213 e. The third kappa shape index (κ3) is 10.9. The Hall–Kier alpha value is 0.0200. The van der Waals surface area contributed by atoms with Crippen LogP contribution in [-0.4, -0.2) is 49.0 Å².